The summed E-state index contributed by atoms with van der Waals surface area (Å²) in [6.45, 7) is 1.80. The van der Waals surface area contributed by atoms with E-state index in [1.165, 1.54) is 6.08 Å². The van der Waals surface area contributed by atoms with Crippen molar-refractivity contribution in [2.24, 2.45) is 0 Å². The van der Waals surface area contributed by atoms with E-state index in [9.17, 15) is 4.79 Å². The molecule has 0 aliphatic heterocycles. The van der Waals surface area contributed by atoms with Gasteiger partial charge in [-0.3, -0.25) is 4.79 Å². The fourth-order valence-corrected chi connectivity index (χ4v) is 1.21. The van der Waals surface area contributed by atoms with Crippen LogP contribution in [0.1, 0.15) is 6.92 Å². The Morgan fingerprint density at radius 2 is 2.00 bits per heavy atom. The fraction of sp³-hybridized carbons (Fsp3) is 0.500. The van der Waals surface area contributed by atoms with Crippen molar-refractivity contribution in [2.75, 3.05) is 0 Å². The summed E-state index contributed by atoms with van der Waals surface area (Å²) < 4.78 is 0. The molecule has 0 aromatic heterocycles. The maximum Gasteiger partial charge on any atom is 0.175 e. The van der Waals surface area contributed by atoms with Gasteiger partial charge < -0.3 is 0 Å². The van der Waals surface area contributed by atoms with Crippen molar-refractivity contribution in [1.82, 2.24) is 0 Å². The average Bonchev–Trinajstić information content (AvgIpc) is 1.98. The van der Waals surface area contributed by atoms with Crippen LogP contribution in [0.25, 0.3) is 0 Å². The molecular formula is C6H6Cl2O. The molecule has 1 aliphatic carbocycles. The maximum atomic E-state index is 10.7. The first-order valence-corrected chi connectivity index (χ1v) is 3.50. The molecule has 0 fully saturated rings. The first-order valence-electron chi connectivity index (χ1n) is 2.63. The van der Waals surface area contributed by atoms with Gasteiger partial charge in [-0.05, 0) is 13.0 Å². The highest BCUT2D eigenvalue weighted by Crippen LogP contribution is 2.25. The average molecular weight is 165 g/mol. The summed E-state index contributed by atoms with van der Waals surface area (Å²) in [5.74, 6) is -0.0748. The predicted molar refractivity (Wildman–Crippen MR) is 38.0 cm³/mol. The molecule has 50 valence electrons. The zero-order valence-corrected chi connectivity index (χ0v) is 6.41. The van der Waals surface area contributed by atoms with Crippen LogP contribution in [0, 0.1) is 0 Å². The molecule has 1 aliphatic rings. The van der Waals surface area contributed by atoms with Crippen LogP contribution in [0.4, 0.5) is 0 Å². The minimum atomic E-state index is -0.535. The van der Waals surface area contributed by atoms with Crippen LogP contribution in [-0.2, 0) is 4.79 Å². The number of hydrogen-bond donors (Lipinski definition) is 0. The Hall–Kier alpha value is -0.0100. The van der Waals surface area contributed by atoms with Gasteiger partial charge in [-0.15, -0.1) is 23.2 Å². The summed E-state index contributed by atoms with van der Waals surface area (Å²) in [4.78, 5) is 10.7. The molecule has 1 rings (SSSR count). The zero-order chi connectivity index (χ0) is 7.02. The second-order valence-electron chi connectivity index (χ2n) is 2.09. The molecule has 2 unspecified atom stereocenters. The second-order valence-corrected chi connectivity index (χ2v) is 3.03. The second kappa shape index (κ2) is 2.31. The molecule has 9 heavy (non-hydrogen) atoms. The van der Waals surface area contributed by atoms with Crippen molar-refractivity contribution >= 4 is 29.0 Å². The van der Waals surface area contributed by atoms with E-state index in [2.05, 4.69) is 0 Å². The maximum absolute atomic E-state index is 10.7. The monoisotopic (exact) mass is 164 g/mol. The molecule has 0 spiro atoms. The first-order chi connectivity index (χ1) is 4.13. The lowest BCUT2D eigenvalue weighted by atomic mass is 10.2. The summed E-state index contributed by atoms with van der Waals surface area (Å²) in [6, 6.07) is 0. The number of allylic oxidation sites excluding steroid dienone is 2. The van der Waals surface area contributed by atoms with E-state index in [4.69, 9.17) is 23.2 Å². The van der Waals surface area contributed by atoms with Crippen LogP contribution >= 0.6 is 23.2 Å². The van der Waals surface area contributed by atoms with E-state index in [0.29, 0.717) is 0 Å². The van der Waals surface area contributed by atoms with Crippen LogP contribution in [0.15, 0.2) is 11.6 Å². The van der Waals surface area contributed by atoms with Gasteiger partial charge in [0.2, 0.25) is 0 Å². The third-order valence-corrected chi connectivity index (χ3v) is 2.53. The molecule has 0 radical (unpaired) electrons. The molecule has 0 amide bonds. The lowest BCUT2D eigenvalue weighted by Crippen LogP contribution is -2.16. The van der Waals surface area contributed by atoms with Crippen LogP contribution in [-0.4, -0.2) is 16.5 Å². The lowest BCUT2D eigenvalue weighted by molar-refractivity contribution is -0.113. The zero-order valence-electron chi connectivity index (χ0n) is 4.90. The minimum Gasteiger partial charge on any atom is -0.293 e. The number of hydrogen-bond acceptors (Lipinski definition) is 1. The Morgan fingerprint density at radius 3 is 2.11 bits per heavy atom. The molecule has 0 saturated heterocycles. The van der Waals surface area contributed by atoms with Crippen molar-refractivity contribution in [3.8, 4) is 0 Å². The molecule has 0 N–H and O–H groups in total. The highest BCUT2D eigenvalue weighted by Gasteiger charge is 2.30. The lowest BCUT2D eigenvalue weighted by Gasteiger charge is -2.03. The summed E-state index contributed by atoms with van der Waals surface area (Å²) in [7, 11) is 0. The largest absolute Gasteiger partial charge is 0.293 e. The standard InChI is InChI=1S/C6H6Cl2O/c1-3-2-4(9)6(8)5(3)7/h2,5-6H,1H3. The SMILES string of the molecule is CC1=CC(=O)C(Cl)C1Cl. The van der Waals surface area contributed by atoms with Crippen LogP contribution in [0.3, 0.4) is 0 Å². The smallest absolute Gasteiger partial charge is 0.175 e. The number of carbonyl (C=O) groups is 1. The van der Waals surface area contributed by atoms with Gasteiger partial charge in [-0.1, -0.05) is 5.57 Å². The van der Waals surface area contributed by atoms with Crippen molar-refractivity contribution in [1.29, 1.82) is 0 Å². The molecule has 2 atom stereocenters. The number of ketones is 1. The van der Waals surface area contributed by atoms with E-state index < -0.39 is 5.38 Å². The Kier molecular flexibility index (Phi) is 1.83. The molecular weight excluding hydrogens is 159 g/mol. The number of alkyl halides is 2. The fourth-order valence-electron chi connectivity index (χ4n) is 0.759. The van der Waals surface area contributed by atoms with Crippen LogP contribution in [0.2, 0.25) is 0 Å². The van der Waals surface area contributed by atoms with Gasteiger partial charge in [-0.2, -0.15) is 0 Å². The van der Waals surface area contributed by atoms with E-state index in [0.717, 1.165) is 5.57 Å². The molecule has 0 bridgehead atoms. The summed E-state index contributed by atoms with van der Waals surface area (Å²) in [6.07, 6.45) is 1.50. The Morgan fingerprint density at radius 1 is 1.44 bits per heavy atom. The molecule has 0 heterocycles. The van der Waals surface area contributed by atoms with Gasteiger partial charge in [0.15, 0.2) is 5.78 Å². The van der Waals surface area contributed by atoms with Crippen molar-refractivity contribution in [3.05, 3.63) is 11.6 Å². The number of carbonyl (C=O) groups excluding carboxylic acids is 1. The summed E-state index contributed by atoms with van der Waals surface area (Å²) in [5.41, 5.74) is 0.863. The highest BCUT2D eigenvalue weighted by atomic mass is 35.5. The molecule has 0 aromatic carbocycles. The molecule has 1 nitrogen and oxygen atoms in total. The van der Waals surface area contributed by atoms with Gasteiger partial charge in [0.25, 0.3) is 0 Å². The predicted octanol–water partition coefficient (Wildman–Crippen LogP) is 1.73. The van der Waals surface area contributed by atoms with Crippen molar-refractivity contribution in [2.45, 2.75) is 17.7 Å². The quantitative estimate of drug-likeness (QED) is 0.499. The van der Waals surface area contributed by atoms with E-state index in [1.54, 1.807) is 6.92 Å². The van der Waals surface area contributed by atoms with E-state index in [1.807, 2.05) is 0 Å². The Balaban J connectivity index is 2.82. The van der Waals surface area contributed by atoms with Crippen LogP contribution in [0.5, 0.6) is 0 Å². The van der Waals surface area contributed by atoms with Gasteiger partial charge in [0.05, 0.1) is 5.38 Å². The number of halogens is 2. The topological polar surface area (TPSA) is 17.1 Å². The van der Waals surface area contributed by atoms with Gasteiger partial charge >= 0.3 is 0 Å². The van der Waals surface area contributed by atoms with Gasteiger partial charge in [0, 0.05) is 0 Å². The summed E-state index contributed by atoms with van der Waals surface area (Å²) in [5, 5.41) is -0.828. The third-order valence-electron chi connectivity index (χ3n) is 1.33. The molecule has 0 saturated carbocycles. The van der Waals surface area contributed by atoms with Gasteiger partial charge in [0.1, 0.15) is 5.38 Å². The third kappa shape index (κ3) is 1.12. The molecule has 3 heteroatoms. The van der Waals surface area contributed by atoms with E-state index >= 15 is 0 Å². The van der Waals surface area contributed by atoms with Gasteiger partial charge in [-0.25, -0.2) is 0 Å². The first kappa shape index (κ1) is 7.10. The highest BCUT2D eigenvalue weighted by molar-refractivity contribution is 6.41. The van der Waals surface area contributed by atoms with Crippen LogP contribution < -0.4 is 0 Å². The van der Waals surface area contributed by atoms with E-state index in [-0.39, 0.29) is 11.2 Å². The molecule has 0 aromatic rings. The van der Waals surface area contributed by atoms with Crippen molar-refractivity contribution < 1.29 is 4.79 Å². The Bertz CT molecular complexity index is 174. The number of rotatable bonds is 0. The Labute approximate surface area is 63.6 Å². The van der Waals surface area contributed by atoms with Crippen molar-refractivity contribution in [3.63, 3.8) is 0 Å². The normalized spacial score (nSPS) is 35.0. The summed E-state index contributed by atoms with van der Waals surface area (Å²) >= 11 is 11.3. The minimum absolute atomic E-state index is 0.0748.